The number of imidazole rings is 1. The molecule has 2 atom stereocenters. The summed E-state index contributed by atoms with van der Waals surface area (Å²) < 4.78 is 42.7. The van der Waals surface area contributed by atoms with Crippen molar-refractivity contribution in [3.05, 3.63) is 42.9 Å². The van der Waals surface area contributed by atoms with Gasteiger partial charge in [0.25, 0.3) is 5.92 Å². The minimum absolute atomic E-state index is 0.0497. The van der Waals surface area contributed by atoms with Gasteiger partial charge in [0.2, 0.25) is 11.8 Å². The average molecular weight is 573 g/mol. The van der Waals surface area contributed by atoms with Crippen molar-refractivity contribution >= 4 is 29.7 Å². The molecule has 2 N–H and O–H groups in total. The van der Waals surface area contributed by atoms with Gasteiger partial charge in [-0.05, 0) is 13.0 Å². The second-order valence-electron chi connectivity index (χ2n) is 9.61. The van der Waals surface area contributed by atoms with Crippen LogP contribution in [-0.2, 0) is 17.7 Å². The summed E-state index contributed by atoms with van der Waals surface area (Å²) in [6.07, 6.45) is 7.24. The molecule has 0 unspecified atom stereocenters. The molecule has 2 aliphatic heterocycles. The van der Waals surface area contributed by atoms with E-state index in [4.69, 9.17) is 9.47 Å². The topological polar surface area (TPSA) is 153 Å². The molecule has 0 saturated carbocycles. The number of amides is 3. The van der Waals surface area contributed by atoms with Gasteiger partial charge in [0.05, 0.1) is 19.0 Å². The minimum Gasteiger partial charge on any atom is -0.477 e. The molecule has 5 heterocycles. The van der Waals surface area contributed by atoms with Gasteiger partial charge in [-0.15, -0.1) is 0 Å². The Morgan fingerprint density at radius 2 is 1.98 bits per heavy atom. The van der Waals surface area contributed by atoms with Crippen LogP contribution in [0.2, 0.25) is 0 Å². The largest absolute Gasteiger partial charge is 0.477 e. The number of nitrogens with one attached hydrogen (secondary N) is 2. The number of likely N-dealkylation sites (N-methyl/N-ethyl adjacent to an activating group) is 1. The van der Waals surface area contributed by atoms with E-state index in [9.17, 15) is 18.4 Å². The zero-order valence-electron chi connectivity index (χ0n) is 22.5. The van der Waals surface area contributed by atoms with Gasteiger partial charge in [-0.2, -0.15) is 4.98 Å². The number of fused-ring (bicyclic) bond motifs is 1. The fraction of sp³-hybridized carbons (Fsp3) is 0.480. The summed E-state index contributed by atoms with van der Waals surface area (Å²) in [7, 11) is 1.28. The second kappa shape index (κ2) is 11.9. The molecule has 0 aliphatic carbocycles. The third-order valence-corrected chi connectivity index (χ3v) is 6.87. The van der Waals surface area contributed by atoms with E-state index in [1.807, 2.05) is 10.8 Å². The molecule has 0 aromatic carbocycles. The van der Waals surface area contributed by atoms with Crippen LogP contribution in [0.5, 0.6) is 5.88 Å². The second-order valence-corrected chi connectivity index (χ2v) is 9.61. The van der Waals surface area contributed by atoms with Crippen LogP contribution in [0.25, 0.3) is 0 Å². The lowest BCUT2D eigenvalue weighted by Crippen LogP contribution is -2.60. The number of ether oxygens (including phenoxy) is 2. The molecular weight excluding hydrogens is 542 g/mol. The Hall–Kier alpha value is -4.63. The van der Waals surface area contributed by atoms with Crippen molar-refractivity contribution in [1.82, 2.24) is 34.4 Å². The third-order valence-electron chi connectivity index (χ3n) is 6.87. The monoisotopic (exact) mass is 572 g/mol. The quantitative estimate of drug-likeness (QED) is 0.432. The van der Waals surface area contributed by atoms with Crippen LogP contribution in [-0.4, -0.2) is 91.3 Å². The van der Waals surface area contributed by atoms with Crippen molar-refractivity contribution < 1.29 is 27.8 Å². The van der Waals surface area contributed by atoms with Gasteiger partial charge in [-0.1, -0.05) is 0 Å². The van der Waals surface area contributed by atoms with E-state index in [0.717, 1.165) is 10.7 Å². The normalized spacial score (nSPS) is 19.6. The highest BCUT2D eigenvalue weighted by Gasteiger charge is 2.48. The standard InChI is InChI=1S/C25H30F2N10O4/c1-3-40-21-14-30-19(13-31-21)33-23(38)35(2)17-15-37(10-6-25(17,26)27)22-29-7-4-18(32-22)34-24(39)41-16-5-9-36-11-8-28-20(36)12-16/h4,7-8,11,13-14,16-17H,3,5-6,9-10,12,15H2,1-2H3,(H,30,33,38)(H,29,32,34,39)/t16-,17+/m1/s1. The van der Waals surface area contributed by atoms with Gasteiger partial charge in [0.15, 0.2) is 5.82 Å². The maximum absolute atomic E-state index is 15.0. The van der Waals surface area contributed by atoms with Crippen molar-refractivity contribution in [3.8, 4) is 5.88 Å². The Labute approximate surface area is 234 Å². The molecule has 1 fully saturated rings. The number of hydrogen-bond donors (Lipinski definition) is 2. The Kier molecular flexibility index (Phi) is 8.07. The number of hydrogen-bond acceptors (Lipinski definition) is 10. The molecular formula is C25H30F2N10O4. The highest BCUT2D eigenvalue weighted by Crippen LogP contribution is 2.33. The van der Waals surface area contributed by atoms with E-state index >= 15 is 0 Å². The lowest BCUT2D eigenvalue weighted by atomic mass is 10.00. The van der Waals surface area contributed by atoms with Crippen LogP contribution >= 0.6 is 0 Å². The molecule has 3 amide bonds. The third kappa shape index (κ3) is 6.58. The maximum atomic E-state index is 15.0. The molecule has 0 bridgehead atoms. The Balaban J connectivity index is 1.20. The fourth-order valence-corrected chi connectivity index (χ4v) is 4.69. The summed E-state index contributed by atoms with van der Waals surface area (Å²) in [5.41, 5.74) is 0. The summed E-state index contributed by atoms with van der Waals surface area (Å²) in [6, 6.07) is -0.790. The summed E-state index contributed by atoms with van der Waals surface area (Å²) in [5, 5.41) is 5.06. The van der Waals surface area contributed by atoms with Crippen molar-refractivity contribution in [3.63, 3.8) is 0 Å². The first-order valence-corrected chi connectivity index (χ1v) is 13.1. The van der Waals surface area contributed by atoms with Crippen LogP contribution < -0.4 is 20.3 Å². The van der Waals surface area contributed by atoms with Gasteiger partial charge in [-0.25, -0.2) is 38.3 Å². The van der Waals surface area contributed by atoms with Crippen molar-refractivity contribution in [1.29, 1.82) is 0 Å². The van der Waals surface area contributed by atoms with Gasteiger partial charge >= 0.3 is 12.1 Å². The van der Waals surface area contributed by atoms with Crippen LogP contribution in [0, 0.1) is 0 Å². The van der Waals surface area contributed by atoms with E-state index in [2.05, 4.69) is 35.6 Å². The lowest BCUT2D eigenvalue weighted by molar-refractivity contribution is -0.0760. The number of rotatable bonds is 7. The first kappa shape index (κ1) is 27.9. The zero-order valence-corrected chi connectivity index (χ0v) is 22.5. The number of piperidine rings is 1. The predicted octanol–water partition coefficient (Wildman–Crippen LogP) is 2.80. The smallest absolute Gasteiger partial charge is 0.413 e. The molecule has 14 nitrogen and oxygen atoms in total. The molecule has 218 valence electrons. The van der Waals surface area contributed by atoms with Crippen molar-refractivity contribution in [2.75, 3.05) is 42.3 Å². The molecule has 5 rings (SSSR count). The fourth-order valence-electron chi connectivity index (χ4n) is 4.69. The average Bonchev–Trinajstić information content (AvgIpc) is 3.42. The molecule has 0 radical (unpaired) electrons. The number of nitrogens with zero attached hydrogens (tertiary/aromatic N) is 8. The SMILES string of the molecule is CCOc1cnc(NC(=O)N(C)[C@H]2CN(c3nccc(NC(=O)O[C@@H]4CCn5ccnc5C4)n3)CCC2(F)F)cn1. The Morgan fingerprint density at radius 3 is 2.76 bits per heavy atom. The van der Waals surface area contributed by atoms with Gasteiger partial charge < -0.3 is 23.8 Å². The summed E-state index contributed by atoms with van der Waals surface area (Å²) in [4.78, 5) is 48.6. The van der Waals surface area contributed by atoms with Crippen LogP contribution in [0.3, 0.4) is 0 Å². The van der Waals surface area contributed by atoms with Gasteiger partial charge in [0, 0.05) is 64.5 Å². The summed E-state index contributed by atoms with van der Waals surface area (Å²) >= 11 is 0. The number of halogens is 2. The van der Waals surface area contributed by atoms with Crippen LogP contribution in [0.4, 0.5) is 36.0 Å². The van der Waals surface area contributed by atoms with Crippen molar-refractivity contribution in [2.45, 2.75) is 50.8 Å². The maximum Gasteiger partial charge on any atom is 0.413 e. The zero-order chi connectivity index (χ0) is 29.0. The highest BCUT2D eigenvalue weighted by molar-refractivity contribution is 5.88. The Morgan fingerprint density at radius 1 is 1.12 bits per heavy atom. The van der Waals surface area contributed by atoms with Crippen LogP contribution in [0.1, 0.15) is 25.6 Å². The number of carbonyl (C=O) groups is 2. The molecule has 2 aliphatic rings. The van der Waals surface area contributed by atoms with E-state index in [1.54, 1.807) is 18.0 Å². The van der Waals surface area contributed by atoms with Gasteiger partial charge in [0.1, 0.15) is 23.8 Å². The first-order valence-electron chi connectivity index (χ1n) is 13.1. The lowest BCUT2D eigenvalue weighted by Gasteiger charge is -2.42. The summed E-state index contributed by atoms with van der Waals surface area (Å²) in [5.74, 6) is -1.66. The number of aromatic nitrogens is 6. The van der Waals surface area contributed by atoms with E-state index in [1.165, 1.54) is 31.7 Å². The number of anilines is 3. The minimum atomic E-state index is -3.17. The van der Waals surface area contributed by atoms with Crippen molar-refractivity contribution in [2.24, 2.45) is 0 Å². The first-order chi connectivity index (χ1) is 19.7. The number of alkyl halides is 2. The van der Waals surface area contributed by atoms with E-state index in [0.29, 0.717) is 26.0 Å². The molecule has 1 saturated heterocycles. The molecule has 0 spiro atoms. The predicted molar refractivity (Wildman–Crippen MR) is 142 cm³/mol. The molecule has 3 aromatic heterocycles. The van der Waals surface area contributed by atoms with Crippen LogP contribution in [0.15, 0.2) is 37.1 Å². The number of urea groups is 1. The summed E-state index contributed by atoms with van der Waals surface area (Å²) in [6.45, 7) is 2.60. The Bertz CT molecular complexity index is 1370. The highest BCUT2D eigenvalue weighted by atomic mass is 19.3. The van der Waals surface area contributed by atoms with E-state index < -0.39 is 30.5 Å². The van der Waals surface area contributed by atoms with E-state index in [-0.39, 0.29) is 42.7 Å². The molecule has 16 heteroatoms. The molecule has 3 aromatic rings. The molecule has 41 heavy (non-hydrogen) atoms. The number of aryl methyl sites for hydroxylation is 1. The number of carbonyl (C=O) groups excluding carboxylic acids is 2. The van der Waals surface area contributed by atoms with Gasteiger partial charge in [-0.3, -0.25) is 10.6 Å².